The zero-order valence-corrected chi connectivity index (χ0v) is 13.8. The molecule has 130 valence electrons. The average Bonchev–Trinajstić information content (AvgIpc) is 2.61. The first kappa shape index (κ1) is 17.5. The Hall–Kier alpha value is -2.33. The molecular weight excluding hydrogens is 353 g/mol. The van der Waals surface area contributed by atoms with Gasteiger partial charge in [0.25, 0.3) is 0 Å². The molecule has 2 heterocycles. The van der Waals surface area contributed by atoms with Gasteiger partial charge in [-0.1, -0.05) is 17.7 Å². The molecule has 8 heteroatoms. The van der Waals surface area contributed by atoms with E-state index in [4.69, 9.17) is 16.9 Å². The molecule has 0 N–H and O–H groups in total. The van der Waals surface area contributed by atoms with Crippen LogP contribution in [-0.2, 0) is 0 Å². The standard InChI is InChI=1S/C17H14ClF3N4/c18-16-17(23-9-12(8-22)24-16)25-5-3-10(4-6-25)15(21)13-2-1-11(19)7-14(13)20/h1-2,7,9-10,15H,3-6H2. The van der Waals surface area contributed by atoms with Crippen molar-refractivity contribution in [2.24, 2.45) is 5.92 Å². The molecule has 25 heavy (non-hydrogen) atoms. The summed E-state index contributed by atoms with van der Waals surface area (Å²) in [6.45, 7) is 0.961. The summed E-state index contributed by atoms with van der Waals surface area (Å²) in [5.41, 5.74) is 0.00953. The van der Waals surface area contributed by atoms with Crippen LogP contribution in [0.1, 0.15) is 30.3 Å². The van der Waals surface area contributed by atoms with Crippen molar-refractivity contribution in [1.29, 1.82) is 5.26 Å². The number of nitriles is 1. The molecule has 1 fully saturated rings. The molecule has 1 aromatic carbocycles. The highest BCUT2D eigenvalue weighted by Crippen LogP contribution is 2.36. The molecule has 0 saturated carbocycles. The second-order valence-corrected chi connectivity index (χ2v) is 6.23. The van der Waals surface area contributed by atoms with Crippen molar-refractivity contribution in [2.75, 3.05) is 18.0 Å². The Bertz CT molecular complexity index is 816. The van der Waals surface area contributed by atoms with E-state index in [1.807, 2.05) is 11.0 Å². The Morgan fingerprint density at radius 2 is 2.00 bits per heavy atom. The predicted molar refractivity (Wildman–Crippen MR) is 86.9 cm³/mol. The van der Waals surface area contributed by atoms with Crippen LogP contribution in [0.4, 0.5) is 19.0 Å². The Kier molecular flexibility index (Phi) is 5.09. The van der Waals surface area contributed by atoms with E-state index in [9.17, 15) is 13.2 Å². The minimum atomic E-state index is -1.50. The lowest BCUT2D eigenvalue weighted by molar-refractivity contribution is 0.193. The summed E-state index contributed by atoms with van der Waals surface area (Å²) in [5.74, 6) is -1.52. The second kappa shape index (κ2) is 7.28. The van der Waals surface area contributed by atoms with Crippen LogP contribution in [0.25, 0.3) is 0 Å². The van der Waals surface area contributed by atoms with Crippen LogP contribution in [0, 0.1) is 28.9 Å². The van der Waals surface area contributed by atoms with Crippen LogP contribution in [0.2, 0.25) is 5.15 Å². The second-order valence-electron chi connectivity index (χ2n) is 5.87. The fourth-order valence-electron chi connectivity index (χ4n) is 3.01. The molecule has 4 nitrogen and oxygen atoms in total. The molecule has 1 aliphatic heterocycles. The van der Waals surface area contributed by atoms with E-state index in [2.05, 4.69) is 9.97 Å². The zero-order valence-electron chi connectivity index (χ0n) is 13.1. The molecule has 0 spiro atoms. The van der Waals surface area contributed by atoms with Gasteiger partial charge in [-0.2, -0.15) is 5.26 Å². The summed E-state index contributed by atoms with van der Waals surface area (Å²) in [7, 11) is 0. The van der Waals surface area contributed by atoms with E-state index >= 15 is 0 Å². The highest BCUT2D eigenvalue weighted by Gasteiger charge is 2.30. The summed E-state index contributed by atoms with van der Waals surface area (Å²) in [6, 6.07) is 4.78. The minimum Gasteiger partial charge on any atom is -0.354 e. The van der Waals surface area contributed by atoms with Crippen molar-refractivity contribution in [2.45, 2.75) is 19.0 Å². The lowest BCUT2D eigenvalue weighted by Crippen LogP contribution is -2.36. The van der Waals surface area contributed by atoms with E-state index in [-0.39, 0.29) is 22.3 Å². The fraction of sp³-hybridized carbons (Fsp3) is 0.353. The third-order valence-electron chi connectivity index (χ3n) is 4.34. The van der Waals surface area contributed by atoms with Gasteiger partial charge in [-0.25, -0.2) is 23.1 Å². The van der Waals surface area contributed by atoms with Gasteiger partial charge in [0.15, 0.2) is 16.7 Å². The van der Waals surface area contributed by atoms with Crippen molar-refractivity contribution in [3.8, 4) is 6.07 Å². The number of halogens is 4. The van der Waals surface area contributed by atoms with Gasteiger partial charge in [0.1, 0.15) is 23.9 Å². The Morgan fingerprint density at radius 1 is 1.28 bits per heavy atom. The summed E-state index contributed by atoms with van der Waals surface area (Å²) in [4.78, 5) is 9.93. The third kappa shape index (κ3) is 3.69. The lowest BCUT2D eigenvalue weighted by Gasteiger charge is -2.34. The van der Waals surface area contributed by atoms with E-state index in [1.54, 1.807) is 0 Å². The van der Waals surface area contributed by atoms with Gasteiger partial charge in [0.05, 0.1) is 6.20 Å². The van der Waals surface area contributed by atoms with Crippen LogP contribution < -0.4 is 4.90 Å². The molecule has 1 saturated heterocycles. The summed E-state index contributed by atoms with van der Waals surface area (Å²) in [6.07, 6.45) is 0.774. The first-order valence-corrected chi connectivity index (χ1v) is 8.14. The summed E-state index contributed by atoms with van der Waals surface area (Å²) < 4.78 is 41.4. The highest BCUT2D eigenvalue weighted by atomic mass is 35.5. The largest absolute Gasteiger partial charge is 0.354 e. The fourth-order valence-corrected chi connectivity index (χ4v) is 3.27. The minimum absolute atomic E-state index is 0.115. The Labute approximate surface area is 147 Å². The topological polar surface area (TPSA) is 52.8 Å². The van der Waals surface area contributed by atoms with Gasteiger partial charge in [0, 0.05) is 24.7 Å². The number of hydrogen-bond acceptors (Lipinski definition) is 4. The van der Waals surface area contributed by atoms with E-state index in [0.29, 0.717) is 37.8 Å². The summed E-state index contributed by atoms with van der Waals surface area (Å²) >= 11 is 6.05. The molecule has 0 radical (unpaired) electrons. The number of rotatable bonds is 3. The van der Waals surface area contributed by atoms with Crippen molar-refractivity contribution < 1.29 is 13.2 Å². The maximum absolute atomic E-state index is 14.6. The Morgan fingerprint density at radius 3 is 2.60 bits per heavy atom. The third-order valence-corrected chi connectivity index (χ3v) is 4.59. The normalized spacial score (nSPS) is 16.5. The first-order chi connectivity index (χ1) is 12.0. The van der Waals surface area contributed by atoms with Crippen LogP contribution in [-0.4, -0.2) is 23.1 Å². The van der Waals surface area contributed by atoms with E-state index in [1.165, 1.54) is 6.20 Å². The molecule has 1 unspecified atom stereocenters. The zero-order chi connectivity index (χ0) is 18.0. The quantitative estimate of drug-likeness (QED) is 0.816. The smallest absolute Gasteiger partial charge is 0.173 e. The predicted octanol–water partition coefficient (Wildman–Crippen LogP) is 4.21. The maximum Gasteiger partial charge on any atom is 0.173 e. The van der Waals surface area contributed by atoms with Crippen LogP contribution in [0.3, 0.4) is 0 Å². The number of benzene rings is 1. The first-order valence-electron chi connectivity index (χ1n) is 7.76. The van der Waals surface area contributed by atoms with E-state index < -0.39 is 17.8 Å². The van der Waals surface area contributed by atoms with Gasteiger partial charge < -0.3 is 4.90 Å². The molecule has 2 aromatic rings. The van der Waals surface area contributed by atoms with Crippen molar-refractivity contribution in [3.05, 3.63) is 52.4 Å². The molecule has 1 atom stereocenters. The molecule has 0 amide bonds. The van der Waals surface area contributed by atoms with Gasteiger partial charge in [-0.3, -0.25) is 0 Å². The molecule has 1 aromatic heterocycles. The number of alkyl halides is 1. The van der Waals surface area contributed by atoms with Crippen molar-refractivity contribution in [3.63, 3.8) is 0 Å². The highest BCUT2D eigenvalue weighted by molar-refractivity contribution is 6.31. The van der Waals surface area contributed by atoms with Gasteiger partial charge in [-0.15, -0.1) is 0 Å². The monoisotopic (exact) mass is 366 g/mol. The molecule has 0 aliphatic carbocycles. The molecular formula is C17H14ClF3N4. The number of piperidine rings is 1. The van der Waals surface area contributed by atoms with Crippen LogP contribution in [0.15, 0.2) is 24.4 Å². The maximum atomic E-state index is 14.6. The van der Waals surface area contributed by atoms with Crippen LogP contribution >= 0.6 is 11.6 Å². The van der Waals surface area contributed by atoms with Gasteiger partial charge >= 0.3 is 0 Å². The van der Waals surface area contributed by atoms with E-state index in [0.717, 1.165) is 12.1 Å². The lowest BCUT2D eigenvalue weighted by atomic mass is 9.88. The number of aromatic nitrogens is 2. The number of nitrogens with zero attached hydrogens (tertiary/aromatic N) is 4. The van der Waals surface area contributed by atoms with Crippen molar-refractivity contribution >= 4 is 17.4 Å². The molecule has 1 aliphatic rings. The SMILES string of the molecule is N#Cc1cnc(N2CCC(C(F)c3ccc(F)cc3F)CC2)c(Cl)n1. The van der Waals surface area contributed by atoms with Gasteiger partial charge in [-0.05, 0) is 24.8 Å². The molecule has 3 rings (SSSR count). The number of hydrogen-bond donors (Lipinski definition) is 0. The Balaban J connectivity index is 1.68. The van der Waals surface area contributed by atoms with Crippen LogP contribution in [0.5, 0.6) is 0 Å². The average molecular weight is 367 g/mol. The molecule has 0 bridgehead atoms. The number of anilines is 1. The van der Waals surface area contributed by atoms with Gasteiger partial charge in [0.2, 0.25) is 0 Å². The van der Waals surface area contributed by atoms with Crippen molar-refractivity contribution in [1.82, 2.24) is 9.97 Å². The summed E-state index contributed by atoms with van der Waals surface area (Å²) in [5, 5.41) is 8.91.